The van der Waals surface area contributed by atoms with Crippen molar-refractivity contribution in [3.8, 4) is 11.8 Å². The van der Waals surface area contributed by atoms with Crippen molar-refractivity contribution in [2.75, 3.05) is 17.2 Å². The second kappa shape index (κ2) is 7.79. The number of amides is 2. The lowest BCUT2D eigenvalue weighted by molar-refractivity contribution is 0.262. The summed E-state index contributed by atoms with van der Waals surface area (Å²) in [6.45, 7) is 0.456. The highest BCUT2D eigenvalue weighted by atomic mass is 16.5. The van der Waals surface area contributed by atoms with Crippen molar-refractivity contribution in [1.82, 2.24) is 14.6 Å². The third-order valence-electron chi connectivity index (χ3n) is 3.32. The molecule has 3 rings (SSSR count). The molecule has 0 fully saturated rings. The number of nitrogens with zero attached hydrogens (tertiary/aromatic N) is 4. The van der Waals surface area contributed by atoms with E-state index in [-0.39, 0.29) is 0 Å². The number of carbonyl (C=O) groups excluding carboxylic acids is 1. The Labute approximate surface area is 144 Å². The van der Waals surface area contributed by atoms with Gasteiger partial charge in [-0.05, 0) is 24.6 Å². The van der Waals surface area contributed by atoms with Crippen LogP contribution in [-0.4, -0.2) is 27.2 Å². The van der Waals surface area contributed by atoms with Gasteiger partial charge in [-0.3, -0.25) is 0 Å². The molecule has 8 nitrogen and oxygen atoms in total. The maximum atomic E-state index is 12.2. The normalized spacial score (nSPS) is 10.2. The molecule has 0 atom stereocenters. The molecular formula is C17H16N6O2. The Bertz CT molecular complexity index is 915. The molecule has 0 aliphatic carbocycles. The number of hydrogen-bond donors (Lipinski definition) is 2. The number of benzene rings is 1. The van der Waals surface area contributed by atoms with Crippen molar-refractivity contribution in [1.29, 1.82) is 5.26 Å². The third-order valence-corrected chi connectivity index (χ3v) is 3.32. The molecule has 0 saturated heterocycles. The van der Waals surface area contributed by atoms with Crippen LogP contribution in [0.15, 0.2) is 48.9 Å². The number of unbranched alkanes of at least 4 members (excludes halogenated alkanes) is 1. The Hall–Kier alpha value is -3.60. The van der Waals surface area contributed by atoms with Crippen molar-refractivity contribution in [2.45, 2.75) is 12.8 Å². The summed E-state index contributed by atoms with van der Waals surface area (Å²) in [7, 11) is 0. The lowest BCUT2D eigenvalue weighted by atomic mass is 10.3. The molecule has 126 valence electrons. The second-order valence-corrected chi connectivity index (χ2v) is 5.16. The topological polar surface area (TPSA) is 104 Å². The van der Waals surface area contributed by atoms with Crippen LogP contribution in [-0.2, 0) is 0 Å². The van der Waals surface area contributed by atoms with Crippen LogP contribution in [0.25, 0.3) is 5.65 Å². The largest absolute Gasteiger partial charge is 0.493 e. The van der Waals surface area contributed by atoms with Gasteiger partial charge in [0.2, 0.25) is 0 Å². The van der Waals surface area contributed by atoms with Crippen LogP contribution in [0.2, 0.25) is 0 Å². The fraction of sp³-hybridized carbons (Fsp3) is 0.176. The molecule has 0 spiro atoms. The van der Waals surface area contributed by atoms with Crippen molar-refractivity contribution in [3.63, 3.8) is 0 Å². The molecule has 0 aliphatic rings. The fourth-order valence-electron chi connectivity index (χ4n) is 2.20. The number of carbonyl (C=O) groups is 1. The second-order valence-electron chi connectivity index (χ2n) is 5.16. The summed E-state index contributed by atoms with van der Waals surface area (Å²) >= 11 is 0. The molecule has 8 heteroatoms. The van der Waals surface area contributed by atoms with E-state index in [4.69, 9.17) is 10.00 Å². The molecule has 0 unspecified atom stereocenters. The number of hydrogen-bond acceptors (Lipinski definition) is 5. The van der Waals surface area contributed by atoms with E-state index < -0.39 is 6.03 Å². The lowest BCUT2D eigenvalue weighted by Gasteiger charge is -2.09. The van der Waals surface area contributed by atoms with Crippen LogP contribution in [0.5, 0.6) is 5.75 Å². The van der Waals surface area contributed by atoms with Crippen LogP contribution in [0.4, 0.5) is 16.2 Å². The van der Waals surface area contributed by atoms with Gasteiger partial charge < -0.3 is 15.4 Å². The highest BCUT2D eigenvalue weighted by molar-refractivity contribution is 6.01. The smallest absolute Gasteiger partial charge is 0.323 e. The van der Waals surface area contributed by atoms with Crippen LogP contribution in [0.3, 0.4) is 0 Å². The van der Waals surface area contributed by atoms with Crippen molar-refractivity contribution >= 4 is 23.1 Å². The molecule has 3 aromatic rings. The zero-order valence-corrected chi connectivity index (χ0v) is 13.3. The average molecular weight is 336 g/mol. The van der Waals surface area contributed by atoms with Gasteiger partial charge in [0.05, 0.1) is 18.9 Å². The number of fused-ring (bicyclic) bond motifs is 1. The highest BCUT2D eigenvalue weighted by Gasteiger charge is 2.09. The van der Waals surface area contributed by atoms with E-state index in [0.717, 1.165) is 0 Å². The number of nitriles is 1. The van der Waals surface area contributed by atoms with E-state index in [9.17, 15) is 4.79 Å². The number of aromatic nitrogens is 3. The van der Waals surface area contributed by atoms with E-state index in [0.29, 0.717) is 42.2 Å². The molecule has 0 bridgehead atoms. The Morgan fingerprint density at radius 3 is 3.12 bits per heavy atom. The fourth-order valence-corrected chi connectivity index (χ4v) is 2.20. The lowest BCUT2D eigenvalue weighted by Crippen LogP contribution is -2.19. The molecule has 1 aromatic carbocycles. The number of rotatable bonds is 6. The summed E-state index contributed by atoms with van der Waals surface area (Å²) in [4.78, 5) is 16.3. The third kappa shape index (κ3) is 4.23. The molecule has 2 heterocycles. The van der Waals surface area contributed by atoms with Gasteiger partial charge in [0, 0.05) is 30.6 Å². The molecular weight excluding hydrogens is 320 g/mol. The first-order chi connectivity index (χ1) is 12.3. The van der Waals surface area contributed by atoms with Gasteiger partial charge >= 0.3 is 6.03 Å². The van der Waals surface area contributed by atoms with Gasteiger partial charge in [0.25, 0.3) is 0 Å². The Morgan fingerprint density at radius 1 is 1.32 bits per heavy atom. The molecule has 0 radical (unpaired) electrons. The number of nitrogens with one attached hydrogen (secondary N) is 2. The van der Waals surface area contributed by atoms with E-state index in [1.807, 2.05) is 0 Å². The standard InChI is InChI=1S/C17H16N6O2/c18-7-1-2-10-25-14-6-3-5-13(11-14)21-17(24)22-15-12-20-23-9-4-8-19-16(15)23/h3-6,8-9,11-12H,1-2,10H2,(H2,21,22,24). The SMILES string of the molecule is N#CCCCOc1cccc(NC(=O)Nc2cnn3cccnc23)c1. The van der Waals surface area contributed by atoms with Gasteiger partial charge in [-0.15, -0.1) is 0 Å². The molecule has 0 aliphatic heterocycles. The van der Waals surface area contributed by atoms with Crippen LogP contribution >= 0.6 is 0 Å². The van der Waals surface area contributed by atoms with Crippen molar-refractivity contribution in [3.05, 3.63) is 48.9 Å². The highest BCUT2D eigenvalue weighted by Crippen LogP contribution is 2.19. The summed E-state index contributed by atoms with van der Waals surface area (Å²) < 4.78 is 7.12. The summed E-state index contributed by atoms with van der Waals surface area (Å²) in [6, 6.07) is 10.5. The maximum Gasteiger partial charge on any atom is 0.323 e. The van der Waals surface area contributed by atoms with Gasteiger partial charge in [0.1, 0.15) is 11.4 Å². The van der Waals surface area contributed by atoms with Gasteiger partial charge in [-0.1, -0.05) is 6.07 Å². The predicted molar refractivity (Wildman–Crippen MR) is 92.4 cm³/mol. The first-order valence-corrected chi connectivity index (χ1v) is 7.72. The Balaban J connectivity index is 1.60. The van der Waals surface area contributed by atoms with Crippen LogP contribution in [0.1, 0.15) is 12.8 Å². The number of urea groups is 1. The molecule has 2 N–H and O–H groups in total. The van der Waals surface area contributed by atoms with Crippen molar-refractivity contribution in [2.24, 2.45) is 0 Å². The van der Waals surface area contributed by atoms with Gasteiger partial charge in [-0.25, -0.2) is 14.3 Å². The Kier molecular flexibility index (Phi) is 5.07. The number of anilines is 2. The van der Waals surface area contributed by atoms with E-state index >= 15 is 0 Å². The molecule has 2 amide bonds. The first-order valence-electron chi connectivity index (χ1n) is 7.72. The average Bonchev–Trinajstić information content (AvgIpc) is 3.02. The van der Waals surface area contributed by atoms with Crippen molar-refractivity contribution < 1.29 is 9.53 Å². The molecule has 2 aromatic heterocycles. The zero-order chi connectivity index (χ0) is 17.5. The summed E-state index contributed by atoms with van der Waals surface area (Å²) in [6.07, 6.45) is 6.03. The van der Waals surface area contributed by atoms with Crippen LogP contribution in [0, 0.1) is 11.3 Å². The first kappa shape index (κ1) is 16.3. The molecule has 0 saturated carbocycles. The van der Waals surface area contributed by atoms with Gasteiger partial charge in [0.15, 0.2) is 5.65 Å². The van der Waals surface area contributed by atoms with Crippen LogP contribution < -0.4 is 15.4 Å². The monoisotopic (exact) mass is 336 g/mol. The summed E-state index contributed by atoms with van der Waals surface area (Å²) in [5, 5.41) is 18.1. The molecule has 25 heavy (non-hydrogen) atoms. The van der Waals surface area contributed by atoms with E-state index in [1.54, 1.807) is 47.2 Å². The summed E-state index contributed by atoms with van der Waals surface area (Å²) in [5.74, 6) is 0.633. The van der Waals surface area contributed by atoms with Gasteiger partial charge in [-0.2, -0.15) is 10.4 Å². The maximum absolute atomic E-state index is 12.2. The minimum Gasteiger partial charge on any atom is -0.493 e. The zero-order valence-electron chi connectivity index (χ0n) is 13.3. The Morgan fingerprint density at radius 2 is 2.24 bits per heavy atom. The van der Waals surface area contributed by atoms with E-state index in [2.05, 4.69) is 26.8 Å². The quantitative estimate of drug-likeness (QED) is 0.673. The predicted octanol–water partition coefficient (Wildman–Crippen LogP) is 3.06. The minimum absolute atomic E-state index is 0.401. The summed E-state index contributed by atoms with van der Waals surface area (Å²) in [5.41, 5.74) is 1.67. The van der Waals surface area contributed by atoms with E-state index in [1.165, 1.54) is 6.20 Å². The minimum atomic E-state index is -0.401. The number of ether oxygens (including phenoxy) is 1.